The quantitative estimate of drug-likeness (QED) is 0.376. The zero-order chi connectivity index (χ0) is 24.4. The molecule has 0 saturated heterocycles. The molecule has 7 heteroatoms. The van der Waals surface area contributed by atoms with Crippen LogP contribution in [0.4, 0.5) is 4.79 Å². The van der Waals surface area contributed by atoms with Gasteiger partial charge in [0.15, 0.2) is 0 Å². The molecule has 33 heavy (non-hydrogen) atoms. The minimum atomic E-state index is -0.922. The fraction of sp³-hybridized carbons (Fsp3) is 0.692. The molecule has 1 aromatic rings. The summed E-state index contributed by atoms with van der Waals surface area (Å²) in [5.74, 6) is 0.573. The van der Waals surface area contributed by atoms with Gasteiger partial charge in [0.25, 0.3) is 0 Å². The fourth-order valence-corrected chi connectivity index (χ4v) is 4.84. The van der Waals surface area contributed by atoms with E-state index in [1.165, 1.54) is 0 Å². The average molecular weight is 463 g/mol. The lowest BCUT2D eigenvalue weighted by atomic mass is 9.71. The third-order valence-corrected chi connectivity index (χ3v) is 6.26. The number of nitrogens with zero attached hydrogens (tertiary/aromatic N) is 1. The van der Waals surface area contributed by atoms with Crippen molar-refractivity contribution in [2.75, 3.05) is 33.8 Å². The number of hydrogen-bond donors (Lipinski definition) is 2. The number of carbonyl (C=O) groups is 2. The Morgan fingerprint density at radius 2 is 2.03 bits per heavy atom. The van der Waals surface area contributed by atoms with Crippen LogP contribution in [0, 0.1) is 17.8 Å². The highest BCUT2D eigenvalue weighted by atomic mass is 16.5. The number of esters is 1. The summed E-state index contributed by atoms with van der Waals surface area (Å²) in [4.78, 5) is 26.5. The second-order valence-electron chi connectivity index (χ2n) is 9.93. The van der Waals surface area contributed by atoms with Crippen LogP contribution in [0.25, 0.3) is 0 Å². The molecule has 186 valence electrons. The molecule has 0 heterocycles. The SMILES string of the molecule is CCOC(=O)NC[C@H](CC(=O)Oc1cccc([C@@]2(O)CCCC[C@@H]2CN(C)C)c1)CC(C)C. The number of alkyl carbamates (subject to hydrolysis) is 1. The van der Waals surface area contributed by atoms with Crippen molar-refractivity contribution in [1.82, 2.24) is 10.2 Å². The first-order chi connectivity index (χ1) is 15.6. The van der Waals surface area contributed by atoms with Crippen LogP contribution in [0.2, 0.25) is 0 Å². The predicted molar refractivity (Wildman–Crippen MR) is 129 cm³/mol. The lowest BCUT2D eigenvalue weighted by molar-refractivity contribution is -0.135. The van der Waals surface area contributed by atoms with Gasteiger partial charge in [0.05, 0.1) is 18.6 Å². The number of amides is 1. The van der Waals surface area contributed by atoms with E-state index < -0.39 is 11.7 Å². The van der Waals surface area contributed by atoms with Gasteiger partial charge in [-0.1, -0.05) is 38.8 Å². The van der Waals surface area contributed by atoms with E-state index in [4.69, 9.17) is 9.47 Å². The molecule has 0 unspecified atom stereocenters. The molecule has 2 rings (SSSR count). The standard InChI is InChI=1S/C26H42N2O5/c1-6-32-25(30)27-17-20(14-19(2)3)15-24(29)33-23-12-9-11-21(16-23)26(31)13-8-7-10-22(26)18-28(4)5/h9,11-12,16,19-20,22,31H,6-8,10,13-15,17-18H2,1-5H3,(H,27,30)/t20-,22+,26-/m0/s1. The Kier molecular flexibility index (Phi) is 10.6. The minimum absolute atomic E-state index is 0.0444. The van der Waals surface area contributed by atoms with Gasteiger partial charge in [0, 0.05) is 19.0 Å². The van der Waals surface area contributed by atoms with Gasteiger partial charge in [-0.3, -0.25) is 4.79 Å². The topological polar surface area (TPSA) is 88.1 Å². The van der Waals surface area contributed by atoms with Crippen LogP contribution in [-0.2, 0) is 15.1 Å². The molecular formula is C26H42N2O5. The largest absolute Gasteiger partial charge is 0.450 e. The second-order valence-corrected chi connectivity index (χ2v) is 9.93. The van der Waals surface area contributed by atoms with Crippen LogP contribution in [0.15, 0.2) is 24.3 Å². The highest BCUT2D eigenvalue weighted by molar-refractivity contribution is 5.73. The van der Waals surface area contributed by atoms with Crippen molar-refractivity contribution in [1.29, 1.82) is 0 Å². The number of rotatable bonds is 11. The van der Waals surface area contributed by atoms with E-state index in [1.807, 2.05) is 26.2 Å². The molecule has 1 aliphatic rings. The highest BCUT2D eigenvalue weighted by Crippen LogP contribution is 2.42. The van der Waals surface area contributed by atoms with Gasteiger partial charge in [-0.2, -0.15) is 0 Å². The zero-order valence-corrected chi connectivity index (χ0v) is 20.9. The number of nitrogens with one attached hydrogen (secondary N) is 1. The summed E-state index contributed by atoms with van der Waals surface area (Å²) in [6.07, 6.45) is 4.29. The Hall–Kier alpha value is -2.12. The van der Waals surface area contributed by atoms with Crippen molar-refractivity contribution in [2.24, 2.45) is 17.8 Å². The number of ether oxygens (including phenoxy) is 2. The van der Waals surface area contributed by atoms with Crippen LogP contribution >= 0.6 is 0 Å². The molecule has 0 aromatic heterocycles. The maximum absolute atomic E-state index is 12.7. The van der Waals surface area contributed by atoms with Crippen molar-refractivity contribution in [3.8, 4) is 5.75 Å². The van der Waals surface area contributed by atoms with E-state index in [9.17, 15) is 14.7 Å². The van der Waals surface area contributed by atoms with Gasteiger partial charge in [0.2, 0.25) is 0 Å². The molecule has 7 nitrogen and oxygen atoms in total. The van der Waals surface area contributed by atoms with E-state index >= 15 is 0 Å². The molecule has 1 fully saturated rings. The van der Waals surface area contributed by atoms with Crippen LogP contribution in [0.1, 0.15) is 64.9 Å². The van der Waals surface area contributed by atoms with Crippen LogP contribution in [-0.4, -0.2) is 55.9 Å². The lowest BCUT2D eigenvalue weighted by Gasteiger charge is -2.41. The summed E-state index contributed by atoms with van der Waals surface area (Å²) < 4.78 is 10.6. The molecular weight excluding hydrogens is 420 g/mol. The van der Waals surface area contributed by atoms with E-state index in [0.717, 1.165) is 37.8 Å². The molecule has 2 N–H and O–H groups in total. The van der Waals surface area contributed by atoms with Crippen molar-refractivity contribution in [2.45, 2.75) is 64.9 Å². The van der Waals surface area contributed by atoms with Crippen LogP contribution in [0.5, 0.6) is 5.75 Å². The van der Waals surface area contributed by atoms with Gasteiger partial charge in [0.1, 0.15) is 5.75 Å². The smallest absolute Gasteiger partial charge is 0.407 e. The number of hydrogen-bond acceptors (Lipinski definition) is 6. The number of aliphatic hydroxyl groups is 1. The Morgan fingerprint density at radius 1 is 1.27 bits per heavy atom. The molecule has 1 saturated carbocycles. The fourth-order valence-electron chi connectivity index (χ4n) is 4.84. The Morgan fingerprint density at radius 3 is 2.70 bits per heavy atom. The first-order valence-electron chi connectivity index (χ1n) is 12.2. The number of carbonyl (C=O) groups excluding carboxylic acids is 2. The first kappa shape index (κ1) is 27.1. The summed E-state index contributed by atoms with van der Waals surface area (Å²) >= 11 is 0. The summed E-state index contributed by atoms with van der Waals surface area (Å²) in [6.45, 7) is 7.40. The third kappa shape index (κ3) is 8.63. The van der Waals surface area contributed by atoms with Crippen molar-refractivity contribution in [3.05, 3.63) is 29.8 Å². The average Bonchev–Trinajstić information content (AvgIpc) is 2.73. The molecule has 0 spiro atoms. The van der Waals surface area contributed by atoms with Crippen LogP contribution in [0.3, 0.4) is 0 Å². The third-order valence-electron chi connectivity index (χ3n) is 6.26. The molecule has 1 aromatic carbocycles. The van der Waals surface area contributed by atoms with Crippen molar-refractivity contribution < 1.29 is 24.2 Å². The van der Waals surface area contributed by atoms with E-state index in [0.29, 0.717) is 31.2 Å². The second kappa shape index (κ2) is 12.9. The summed E-state index contributed by atoms with van der Waals surface area (Å²) in [7, 11) is 4.05. The van der Waals surface area contributed by atoms with E-state index in [-0.39, 0.29) is 24.2 Å². The minimum Gasteiger partial charge on any atom is -0.450 e. The van der Waals surface area contributed by atoms with Crippen molar-refractivity contribution >= 4 is 12.1 Å². The number of benzene rings is 1. The normalized spacial score (nSPS) is 21.6. The van der Waals surface area contributed by atoms with Gasteiger partial charge < -0.3 is 24.8 Å². The van der Waals surface area contributed by atoms with Crippen molar-refractivity contribution in [3.63, 3.8) is 0 Å². The molecule has 1 aliphatic carbocycles. The maximum atomic E-state index is 12.7. The molecule has 0 bridgehead atoms. The maximum Gasteiger partial charge on any atom is 0.407 e. The summed E-state index contributed by atoms with van der Waals surface area (Å²) in [6, 6.07) is 7.32. The Bertz CT molecular complexity index is 767. The summed E-state index contributed by atoms with van der Waals surface area (Å²) in [5, 5.41) is 14.3. The molecule has 3 atom stereocenters. The molecule has 0 radical (unpaired) electrons. The van der Waals surface area contributed by atoms with Gasteiger partial charge in [-0.15, -0.1) is 0 Å². The zero-order valence-electron chi connectivity index (χ0n) is 20.9. The van der Waals surface area contributed by atoms with Crippen LogP contribution < -0.4 is 10.1 Å². The first-order valence-corrected chi connectivity index (χ1v) is 12.2. The molecule has 0 aliphatic heterocycles. The predicted octanol–water partition coefficient (Wildman–Crippen LogP) is 4.33. The monoisotopic (exact) mass is 462 g/mol. The van der Waals surface area contributed by atoms with E-state index in [1.54, 1.807) is 19.1 Å². The van der Waals surface area contributed by atoms with Gasteiger partial charge in [-0.25, -0.2) is 4.79 Å². The van der Waals surface area contributed by atoms with E-state index in [2.05, 4.69) is 24.1 Å². The summed E-state index contributed by atoms with van der Waals surface area (Å²) in [5.41, 5.74) is -0.114. The highest BCUT2D eigenvalue weighted by Gasteiger charge is 2.40. The van der Waals surface area contributed by atoms with Gasteiger partial charge in [-0.05, 0) is 69.8 Å². The lowest BCUT2D eigenvalue weighted by Crippen LogP contribution is -2.43. The Labute approximate surface area is 198 Å². The molecule has 1 amide bonds. The van der Waals surface area contributed by atoms with Gasteiger partial charge >= 0.3 is 12.1 Å². The Balaban J connectivity index is 2.06.